The molecule has 21 heavy (non-hydrogen) atoms. The topological polar surface area (TPSA) is 35.2 Å². The van der Waals surface area contributed by atoms with Crippen molar-refractivity contribution in [1.29, 1.82) is 0 Å². The van der Waals surface area contributed by atoms with Crippen molar-refractivity contribution in [2.24, 2.45) is 5.73 Å². The van der Waals surface area contributed by atoms with Crippen molar-refractivity contribution < 1.29 is 4.74 Å². The predicted octanol–water partition coefficient (Wildman–Crippen LogP) is 4.95. The van der Waals surface area contributed by atoms with E-state index in [9.17, 15) is 0 Å². The van der Waals surface area contributed by atoms with Crippen molar-refractivity contribution >= 4 is 23.2 Å². The summed E-state index contributed by atoms with van der Waals surface area (Å²) < 4.78 is 5.70. The van der Waals surface area contributed by atoms with Gasteiger partial charge in [0, 0.05) is 16.1 Å². The highest BCUT2D eigenvalue weighted by Crippen LogP contribution is 2.39. The van der Waals surface area contributed by atoms with Crippen LogP contribution in [0.1, 0.15) is 35.9 Å². The van der Waals surface area contributed by atoms with Gasteiger partial charge >= 0.3 is 0 Å². The van der Waals surface area contributed by atoms with Gasteiger partial charge in [0.05, 0.1) is 6.61 Å². The Morgan fingerprint density at radius 3 is 2.86 bits per heavy atom. The summed E-state index contributed by atoms with van der Waals surface area (Å²) in [6.45, 7) is 0.734. The molecule has 0 radical (unpaired) electrons. The Labute approximate surface area is 134 Å². The first-order valence-electron chi connectivity index (χ1n) is 7.07. The van der Waals surface area contributed by atoms with Crippen LogP contribution in [0, 0.1) is 0 Å². The van der Waals surface area contributed by atoms with Crippen LogP contribution in [0.4, 0.5) is 0 Å². The molecule has 0 spiro atoms. The quantitative estimate of drug-likeness (QED) is 0.868. The normalized spacial score (nSPS) is 18.7. The van der Waals surface area contributed by atoms with Crippen molar-refractivity contribution in [3.8, 4) is 5.75 Å². The first-order valence-corrected chi connectivity index (χ1v) is 7.83. The average Bonchev–Trinajstić information content (AvgIpc) is 2.50. The number of halogens is 2. The zero-order valence-electron chi connectivity index (χ0n) is 11.6. The van der Waals surface area contributed by atoms with E-state index in [1.807, 2.05) is 24.3 Å². The number of benzene rings is 2. The van der Waals surface area contributed by atoms with Crippen LogP contribution in [0.3, 0.4) is 0 Å². The second kappa shape index (κ2) is 6.27. The lowest BCUT2D eigenvalue weighted by Gasteiger charge is -2.28. The lowest BCUT2D eigenvalue weighted by molar-refractivity contribution is 0.259. The highest BCUT2D eigenvalue weighted by Gasteiger charge is 2.24. The van der Waals surface area contributed by atoms with Gasteiger partial charge in [-0.1, -0.05) is 41.4 Å². The lowest BCUT2D eigenvalue weighted by Crippen LogP contribution is -2.20. The van der Waals surface area contributed by atoms with Crippen molar-refractivity contribution in [3.05, 3.63) is 63.6 Å². The van der Waals surface area contributed by atoms with Crippen molar-refractivity contribution in [1.82, 2.24) is 0 Å². The molecule has 0 bridgehead atoms. The average molecular weight is 322 g/mol. The molecular formula is C17H17Cl2NO. The molecule has 4 heteroatoms. The fourth-order valence-electron chi connectivity index (χ4n) is 2.89. The summed E-state index contributed by atoms with van der Waals surface area (Å²) in [6.07, 6.45) is 1.81. The third kappa shape index (κ3) is 3.18. The van der Waals surface area contributed by atoms with Gasteiger partial charge in [-0.25, -0.2) is 0 Å². The maximum Gasteiger partial charge on any atom is 0.122 e. The summed E-state index contributed by atoms with van der Waals surface area (Å²) in [5, 5.41) is 1.34. The molecule has 2 N–H and O–H groups in total. The monoisotopic (exact) mass is 321 g/mol. The van der Waals surface area contributed by atoms with Crippen LogP contribution in [-0.4, -0.2) is 6.61 Å². The first-order chi connectivity index (χ1) is 10.1. The molecule has 2 aromatic rings. The zero-order chi connectivity index (χ0) is 14.8. The molecule has 0 aromatic heterocycles. The van der Waals surface area contributed by atoms with Crippen molar-refractivity contribution in [2.45, 2.75) is 24.8 Å². The maximum atomic E-state index is 6.37. The Bertz CT molecular complexity index is 644. The molecule has 2 unspecified atom stereocenters. The summed E-state index contributed by atoms with van der Waals surface area (Å²) in [5.74, 6) is 1.36. The predicted molar refractivity (Wildman–Crippen MR) is 87.3 cm³/mol. The second-order valence-electron chi connectivity index (χ2n) is 5.38. The largest absolute Gasteiger partial charge is 0.493 e. The van der Waals surface area contributed by atoms with E-state index in [0.29, 0.717) is 16.0 Å². The van der Waals surface area contributed by atoms with Crippen LogP contribution in [-0.2, 0) is 0 Å². The van der Waals surface area contributed by atoms with Gasteiger partial charge in [-0.05, 0) is 54.2 Å². The third-order valence-corrected chi connectivity index (χ3v) is 4.56. The second-order valence-corrected chi connectivity index (χ2v) is 6.22. The molecule has 1 aliphatic rings. The Morgan fingerprint density at radius 1 is 1.19 bits per heavy atom. The summed E-state index contributed by atoms with van der Waals surface area (Å²) in [6, 6.07) is 13.5. The summed E-state index contributed by atoms with van der Waals surface area (Å²) in [5.41, 5.74) is 8.51. The summed E-state index contributed by atoms with van der Waals surface area (Å²) >= 11 is 12.3. The number of ether oxygens (including phenoxy) is 1. The van der Waals surface area contributed by atoms with Crippen LogP contribution >= 0.6 is 23.2 Å². The molecule has 0 saturated carbocycles. The summed E-state index contributed by atoms with van der Waals surface area (Å²) in [7, 11) is 0. The van der Waals surface area contributed by atoms with Crippen molar-refractivity contribution in [3.63, 3.8) is 0 Å². The van der Waals surface area contributed by atoms with Crippen molar-refractivity contribution in [2.75, 3.05) is 6.61 Å². The molecule has 110 valence electrons. The van der Waals surface area contributed by atoms with Gasteiger partial charge in [0.25, 0.3) is 0 Å². The highest BCUT2D eigenvalue weighted by atomic mass is 35.5. The highest BCUT2D eigenvalue weighted by molar-refractivity contribution is 6.33. The molecular weight excluding hydrogens is 305 g/mol. The molecule has 2 nitrogen and oxygen atoms in total. The number of fused-ring (bicyclic) bond motifs is 1. The van der Waals surface area contributed by atoms with E-state index in [4.69, 9.17) is 33.7 Å². The number of hydrogen-bond acceptors (Lipinski definition) is 2. The molecule has 0 saturated heterocycles. The molecule has 3 rings (SSSR count). The maximum absolute atomic E-state index is 6.37. The fraction of sp³-hybridized carbons (Fsp3) is 0.294. The minimum atomic E-state index is -0.132. The Kier molecular flexibility index (Phi) is 4.39. The van der Waals surface area contributed by atoms with E-state index in [-0.39, 0.29) is 6.04 Å². The minimum Gasteiger partial charge on any atom is -0.493 e. The van der Waals surface area contributed by atoms with E-state index in [1.54, 1.807) is 12.1 Å². The lowest BCUT2D eigenvalue weighted by atomic mass is 9.86. The zero-order valence-corrected chi connectivity index (χ0v) is 13.1. The molecule has 0 amide bonds. The van der Waals surface area contributed by atoms with Crippen LogP contribution in [0.25, 0.3) is 0 Å². The molecule has 0 fully saturated rings. The molecule has 2 atom stereocenters. The number of hydrogen-bond donors (Lipinski definition) is 1. The SMILES string of the molecule is NC(CC1CCOc2ccccc21)c1cc(Cl)ccc1Cl. The standard InChI is InChI=1S/C17H17Cl2NO/c18-12-5-6-15(19)14(10-12)16(20)9-11-7-8-21-17-4-2-1-3-13(11)17/h1-6,10-11,16H,7-9,20H2. The van der Waals surface area contributed by atoms with Crippen LogP contribution < -0.4 is 10.5 Å². The van der Waals surface area contributed by atoms with Gasteiger partial charge in [0.15, 0.2) is 0 Å². The fourth-order valence-corrected chi connectivity index (χ4v) is 3.33. The Morgan fingerprint density at radius 2 is 2.00 bits per heavy atom. The van der Waals surface area contributed by atoms with E-state index < -0.39 is 0 Å². The van der Waals surface area contributed by atoms with Gasteiger partial charge in [-0.2, -0.15) is 0 Å². The summed E-state index contributed by atoms with van der Waals surface area (Å²) in [4.78, 5) is 0. The Balaban J connectivity index is 1.82. The van der Waals surface area contributed by atoms with Gasteiger partial charge in [0.1, 0.15) is 5.75 Å². The smallest absolute Gasteiger partial charge is 0.122 e. The van der Waals surface area contributed by atoms with Gasteiger partial charge < -0.3 is 10.5 Å². The van der Waals surface area contributed by atoms with E-state index >= 15 is 0 Å². The number of rotatable bonds is 3. The van der Waals surface area contributed by atoms with Crippen LogP contribution in [0.5, 0.6) is 5.75 Å². The number of para-hydroxylation sites is 1. The van der Waals surface area contributed by atoms with E-state index in [2.05, 4.69) is 6.07 Å². The minimum absolute atomic E-state index is 0.132. The molecule has 2 aromatic carbocycles. The first kappa shape index (κ1) is 14.7. The van der Waals surface area contributed by atoms with E-state index in [1.165, 1.54) is 5.56 Å². The Hall–Kier alpha value is -1.22. The van der Waals surface area contributed by atoms with E-state index in [0.717, 1.165) is 30.8 Å². The van der Waals surface area contributed by atoms with Gasteiger partial charge in [-0.3, -0.25) is 0 Å². The molecule has 0 aliphatic carbocycles. The third-order valence-electron chi connectivity index (χ3n) is 3.98. The molecule has 1 heterocycles. The van der Waals surface area contributed by atoms with Crippen LogP contribution in [0.2, 0.25) is 10.0 Å². The van der Waals surface area contributed by atoms with Crippen LogP contribution in [0.15, 0.2) is 42.5 Å². The number of nitrogens with two attached hydrogens (primary N) is 1. The van der Waals surface area contributed by atoms with Gasteiger partial charge in [-0.15, -0.1) is 0 Å². The molecule has 1 aliphatic heterocycles. The van der Waals surface area contributed by atoms with Gasteiger partial charge in [0.2, 0.25) is 0 Å².